The minimum absolute atomic E-state index is 0.0727. The summed E-state index contributed by atoms with van der Waals surface area (Å²) in [6.45, 7) is 21.2. The summed E-state index contributed by atoms with van der Waals surface area (Å²) in [5.41, 5.74) is 3.08. The topological polar surface area (TPSA) is 78.9 Å². The van der Waals surface area contributed by atoms with Gasteiger partial charge in [0.1, 0.15) is 5.75 Å². The summed E-state index contributed by atoms with van der Waals surface area (Å²) in [7, 11) is 0. The predicted octanol–water partition coefficient (Wildman–Crippen LogP) is 8.64. The van der Waals surface area contributed by atoms with Crippen LogP contribution in [0.2, 0.25) is 0 Å². The molecule has 43 heavy (non-hydrogen) atoms. The third kappa shape index (κ3) is 5.05. The van der Waals surface area contributed by atoms with E-state index in [1.54, 1.807) is 6.07 Å². The molecular weight excluding hydrogens is 540 g/mol. The van der Waals surface area contributed by atoms with Gasteiger partial charge in [-0.2, -0.15) is 0 Å². The first-order chi connectivity index (χ1) is 20.1. The van der Waals surface area contributed by atoms with Crippen LogP contribution in [0.15, 0.2) is 24.3 Å². The average molecular weight is 593 g/mol. The molecule has 6 nitrogen and oxygen atoms in total. The van der Waals surface area contributed by atoms with Crippen LogP contribution in [-0.2, 0) is 20.8 Å². The number of ether oxygens (including phenoxy) is 3. The number of benzene rings is 1. The maximum absolute atomic E-state index is 12.2. The fourth-order valence-electron chi connectivity index (χ4n) is 10.8. The Kier molecular flexibility index (Phi) is 8.18. The maximum atomic E-state index is 12.2. The lowest BCUT2D eigenvalue weighted by atomic mass is 9.33. The first kappa shape index (κ1) is 31.8. The number of carbonyl (C=O) groups excluding carboxylic acids is 3. The van der Waals surface area contributed by atoms with Crippen LogP contribution in [0.1, 0.15) is 119 Å². The van der Waals surface area contributed by atoms with E-state index in [0.717, 1.165) is 12.0 Å². The monoisotopic (exact) mass is 592 g/mol. The quantitative estimate of drug-likeness (QED) is 0.193. The van der Waals surface area contributed by atoms with Crippen molar-refractivity contribution in [3.63, 3.8) is 0 Å². The summed E-state index contributed by atoms with van der Waals surface area (Å²) in [5.74, 6) is 1.29. The van der Waals surface area contributed by atoms with Gasteiger partial charge in [0.05, 0.1) is 0 Å². The molecule has 6 heteroatoms. The van der Waals surface area contributed by atoms with E-state index < -0.39 is 17.9 Å². The Labute approximate surface area is 258 Å². The second-order valence-electron chi connectivity index (χ2n) is 15.3. The fraction of sp³-hybridized carbons (Fsp3) is 0.703. The smallest absolute Gasteiger partial charge is 0.308 e. The van der Waals surface area contributed by atoms with E-state index in [4.69, 9.17) is 14.2 Å². The number of allylic oxidation sites excluding steroid dienone is 1. The normalized spacial score (nSPS) is 38.7. The van der Waals surface area contributed by atoms with E-state index in [1.807, 2.05) is 0 Å². The zero-order chi connectivity index (χ0) is 31.5. The van der Waals surface area contributed by atoms with Gasteiger partial charge < -0.3 is 14.2 Å². The zero-order valence-electron chi connectivity index (χ0n) is 27.7. The van der Waals surface area contributed by atoms with E-state index in [9.17, 15) is 14.4 Å². The summed E-state index contributed by atoms with van der Waals surface area (Å²) in [6, 6.07) is 3.27. The van der Waals surface area contributed by atoms with Crippen LogP contribution in [-0.4, -0.2) is 17.9 Å². The number of carbonyl (C=O) groups is 3. The van der Waals surface area contributed by atoms with Crippen LogP contribution in [0.25, 0.3) is 0 Å². The van der Waals surface area contributed by atoms with Crippen molar-refractivity contribution in [2.24, 2.45) is 45.3 Å². The molecule has 0 spiro atoms. The molecule has 8 atom stereocenters. The first-order valence-corrected chi connectivity index (χ1v) is 16.5. The van der Waals surface area contributed by atoms with Crippen molar-refractivity contribution in [1.82, 2.24) is 0 Å². The van der Waals surface area contributed by atoms with Gasteiger partial charge in [-0.3, -0.25) is 14.4 Å². The number of esters is 3. The van der Waals surface area contributed by atoms with Crippen molar-refractivity contribution in [3.05, 3.63) is 29.8 Å². The predicted molar refractivity (Wildman–Crippen MR) is 167 cm³/mol. The summed E-state index contributed by atoms with van der Waals surface area (Å²) in [5, 5.41) is 0. The molecular formula is C37H52O6. The van der Waals surface area contributed by atoms with E-state index in [0.29, 0.717) is 41.3 Å². The zero-order valence-corrected chi connectivity index (χ0v) is 27.7. The van der Waals surface area contributed by atoms with Gasteiger partial charge in [-0.15, -0.1) is 0 Å². The largest absolute Gasteiger partial charge is 0.426 e. The fourth-order valence-corrected chi connectivity index (χ4v) is 10.8. The van der Waals surface area contributed by atoms with Gasteiger partial charge in [-0.25, -0.2) is 0 Å². The van der Waals surface area contributed by atoms with Gasteiger partial charge >= 0.3 is 17.9 Å². The third-order valence-electron chi connectivity index (χ3n) is 13.5. The van der Waals surface area contributed by atoms with Gasteiger partial charge in [-0.05, 0) is 121 Å². The molecule has 0 N–H and O–H groups in total. The molecule has 4 aliphatic carbocycles. The van der Waals surface area contributed by atoms with Gasteiger partial charge in [0, 0.05) is 26.8 Å². The Morgan fingerprint density at radius 3 is 1.91 bits per heavy atom. The summed E-state index contributed by atoms with van der Waals surface area (Å²) < 4.78 is 16.6. The van der Waals surface area contributed by atoms with Crippen LogP contribution in [0.4, 0.5) is 0 Å². The molecule has 0 bridgehead atoms. The van der Waals surface area contributed by atoms with Gasteiger partial charge in [0.15, 0.2) is 11.5 Å². The lowest BCUT2D eigenvalue weighted by Crippen LogP contribution is -2.64. The van der Waals surface area contributed by atoms with Crippen molar-refractivity contribution < 1.29 is 28.6 Å². The van der Waals surface area contributed by atoms with Crippen molar-refractivity contribution in [2.45, 2.75) is 120 Å². The highest BCUT2D eigenvalue weighted by Gasteiger charge is 2.67. The van der Waals surface area contributed by atoms with Crippen molar-refractivity contribution >= 4 is 17.9 Å². The molecule has 0 radical (unpaired) electrons. The molecule has 0 aliphatic heterocycles. The van der Waals surface area contributed by atoms with Gasteiger partial charge in [0.25, 0.3) is 0 Å². The first-order valence-electron chi connectivity index (χ1n) is 16.5. The SMILES string of the molecule is C=C1CCC[C@]2(C)[C@H]3CC[C@]4(C)[C@H](Cc5cc(OC(C)=O)c(OC(C)=O)cc5OC(C)=O)[C@@H](C)CC[C@]4(C)[C@@H]3CC[C@@]12C. The van der Waals surface area contributed by atoms with Gasteiger partial charge in [-0.1, -0.05) is 46.8 Å². The lowest BCUT2D eigenvalue weighted by molar-refractivity contribution is -0.210. The third-order valence-corrected chi connectivity index (χ3v) is 13.5. The van der Waals surface area contributed by atoms with Crippen LogP contribution < -0.4 is 14.2 Å². The summed E-state index contributed by atoms with van der Waals surface area (Å²) in [4.78, 5) is 36.0. The average Bonchev–Trinajstić information content (AvgIpc) is 2.90. The lowest BCUT2D eigenvalue weighted by Gasteiger charge is -2.71. The standard InChI is InChI=1S/C37H52O6/c1-22-12-16-36(8)29-13-17-34(6)23(2)11-10-15-35(34,7)28(29)14-18-37(36,9)30(22)19-27-20-32(42-25(4)39)33(43-26(5)40)21-31(27)41-24(3)38/h20-22,28-30H,2,10-19H2,1,3-9H3/t22-,28-,29+,30+,34-,35+,36+,37+/m0/s1. The number of hydrogen-bond donors (Lipinski definition) is 0. The molecule has 1 aromatic rings. The Hall–Kier alpha value is -2.63. The molecule has 0 aromatic heterocycles. The molecule has 5 rings (SSSR count). The summed E-state index contributed by atoms with van der Waals surface area (Å²) in [6.07, 6.45) is 11.7. The van der Waals surface area contributed by atoms with E-state index in [1.165, 1.54) is 83.8 Å². The number of fused-ring (bicyclic) bond motifs is 5. The van der Waals surface area contributed by atoms with Crippen molar-refractivity contribution in [2.75, 3.05) is 0 Å². The molecule has 1 aromatic carbocycles. The molecule has 0 saturated heterocycles. The molecule has 0 unspecified atom stereocenters. The molecule has 4 saturated carbocycles. The minimum atomic E-state index is -0.547. The molecule has 0 amide bonds. The molecule has 236 valence electrons. The van der Waals surface area contributed by atoms with Gasteiger partial charge in [0.2, 0.25) is 0 Å². The second-order valence-corrected chi connectivity index (χ2v) is 15.3. The summed E-state index contributed by atoms with van der Waals surface area (Å²) >= 11 is 0. The second kappa shape index (κ2) is 11.1. The Bertz CT molecular complexity index is 1330. The van der Waals surface area contributed by atoms with Crippen LogP contribution in [0.3, 0.4) is 0 Å². The highest BCUT2D eigenvalue weighted by atomic mass is 16.6. The Balaban J connectivity index is 1.54. The minimum Gasteiger partial charge on any atom is -0.426 e. The number of hydrogen-bond acceptors (Lipinski definition) is 6. The molecule has 0 heterocycles. The van der Waals surface area contributed by atoms with Crippen molar-refractivity contribution in [1.29, 1.82) is 0 Å². The van der Waals surface area contributed by atoms with E-state index in [2.05, 4.69) is 41.2 Å². The van der Waals surface area contributed by atoms with E-state index >= 15 is 0 Å². The Morgan fingerprint density at radius 2 is 1.28 bits per heavy atom. The van der Waals surface area contributed by atoms with Crippen LogP contribution >= 0.6 is 0 Å². The van der Waals surface area contributed by atoms with E-state index in [-0.39, 0.29) is 27.7 Å². The molecule has 4 fully saturated rings. The molecule has 4 aliphatic rings. The highest BCUT2D eigenvalue weighted by molar-refractivity contribution is 5.75. The van der Waals surface area contributed by atoms with Crippen molar-refractivity contribution in [3.8, 4) is 17.2 Å². The highest BCUT2D eigenvalue weighted by Crippen LogP contribution is 2.75. The van der Waals surface area contributed by atoms with Crippen LogP contribution in [0.5, 0.6) is 17.2 Å². The Morgan fingerprint density at radius 1 is 0.744 bits per heavy atom. The maximum Gasteiger partial charge on any atom is 0.308 e. The number of rotatable bonds is 5. The van der Waals surface area contributed by atoms with Crippen LogP contribution in [0, 0.1) is 45.3 Å².